The van der Waals surface area contributed by atoms with Crippen LogP contribution in [0.4, 0.5) is 5.69 Å². The number of amides is 1. The van der Waals surface area contributed by atoms with E-state index in [2.05, 4.69) is 5.32 Å². The molecule has 2 aromatic rings. The third-order valence-electron chi connectivity index (χ3n) is 2.61. The summed E-state index contributed by atoms with van der Waals surface area (Å²) in [4.78, 5) is 23.5. The molecule has 106 valence electrons. The molecule has 0 heterocycles. The summed E-state index contributed by atoms with van der Waals surface area (Å²) >= 11 is 11.6. The molecule has 0 aliphatic carbocycles. The molecule has 0 radical (unpaired) electrons. The summed E-state index contributed by atoms with van der Waals surface area (Å²) in [6.45, 7) is 0. The number of allylic oxidation sites excluding steroid dienone is 1. The Morgan fingerprint density at radius 1 is 0.905 bits per heavy atom. The first-order chi connectivity index (χ1) is 10.0. The zero-order chi connectivity index (χ0) is 15.2. The number of ketones is 1. The number of halogens is 2. The van der Waals surface area contributed by atoms with Crippen LogP contribution in [0.5, 0.6) is 0 Å². The van der Waals surface area contributed by atoms with Gasteiger partial charge in [-0.1, -0.05) is 29.3 Å². The SMILES string of the molecule is O=C(C=CC(=O)c1ccc(Cl)cc1)Nc1cccc(Cl)c1. The maximum atomic E-state index is 11.8. The number of carbonyl (C=O) groups excluding carboxylic acids is 2. The average molecular weight is 320 g/mol. The van der Waals surface area contributed by atoms with E-state index >= 15 is 0 Å². The lowest BCUT2D eigenvalue weighted by molar-refractivity contribution is -0.111. The number of carbonyl (C=O) groups is 2. The van der Waals surface area contributed by atoms with Crippen LogP contribution in [-0.2, 0) is 4.79 Å². The summed E-state index contributed by atoms with van der Waals surface area (Å²) < 4.78 is 0. The molecule has 3 nitrogen and oxygen atoms in total. The van der Waals surface area contributed by atoms with Crippen molar-refractivity contribution in [2.45, 2.75) is 0 Å². The standard InChI is InChI=1S/C16H11Cl2NO2/c17-12-6-4-11(5-7-12)15(20)8-9-16(21)19-14-3-1-2-13(18)10-14/h1-10H,(H,19,21). The number of anilines is 1. The Morgan fingerprint density at radius 3 is 2.29 bits per heavy atom. The number of hydrogen-bond acceptors (Lipinski definition) is 2. The third kappa shape index (κ3) is 4.74. The number of nitrogens with one attached hydrogen (secondary N) is 1. The first kappa shape index (κ1) is 15.3. The highest BCUT2D eigenvalue weighted by atomic mass is 35.5. The molecule has 2 rings (SSSR count). The van der Waals surface area contributed by atoms with Gasteiger partial charge in [0, 0.05) is 27.4 Å². The van der Waals surface area contributed by atoms with E-state index < -0.39 is 5.91 Å². The zero-order valence-corrected chi connectivity index (χ0v) is 12.4. The van der Waals surface area contributed by atoms with Crippen LogP contribution in [0, 0.1) is 0 Å². The Morgan fingerprint density at radius 2 is 1.62 bits per heavy atom. The molecule has 0 aliphatic rings. The fourth-order valence-electron chi connectivity index (χ4n) is 1.61. The minimum Gasteiger partial charge on any atom is -0.322 e. The van der Waals surface area contributed by atoms with Crippen LogP contribution in [0.25, 0.3) is 0 Å². The predicted octanol–water partition coefficient (Wildman–Crippen LogP) is 4.37. The van der Waals surface area contributed by atoms with Gasteiger partial charge < -0.3 is 5.32 Å². The van der Waals surface area contributed by atoms with E-state index in [4.69, 9.17) is 23.2 Å². The fourth-order valence-corrected chi connectivity index (χ4v) is 1.93. The van der Waals surface area contributed by atoms with Crippen molar-refractivity contribution >= 4 is 40.6 Å². The van der Waals surface area contributed by atoms with Gasteiger partial charge in [-0.2, -0.15) is 0 Å². The normalized spacial score (nSPS) is 10.6. The maximum absolute atomic E-state index is 11.8. The molecule has 2 aromatic carbocycles. The van der Waals surface area contributed by atoms with Crippen molar-refractivity contribution in [2.24, 2.45) is 0 Å². The summed E-state index contributed by atoms with van der Waals surface area (Å²) in [6.07, 6.45) is 2.39. The molecule has 0 atom stereocenters. The van der Waals surface area contributed by atoms with Crippen LogP contribution >= 0.6 is 23.2 Å². The minimum atomic E-state index is -0.403. The monoisotopic (exact) mass is 319 g/mol. The van der Waals surface area contributed by atoms with Crippen molar-refractivity contribution in [3.05, 3.63) is 76.3 Å². The van der Waals surface area contributed by atoms with Crippen LogP contribution < -0.4 is 5.32 Å². The average Bonchev–Trinajstić information content (AvgIpc) is 2.45. The second-order valence-electron chi connectivity index (χ2n) is 4.20. The Kier molecular flexibility index (Phi) is 5.14. The maximum Gasteiger partial charge on any atom is 0.248 e. The van der Waals surface area contributed by atoms with Crippen LogP contribution in [0.2, 0.25) is 10.0 Å². The van der Waals surface area contributed by atoms with Gasteiger partial charge in [0.25, 0.3) is 0 Å². The van der Waals surface area contributed by atoms with E-state index in [1.807, 2.05) is 0 Å². The van der Waals surface area contributed by atoms with Gasteiger partial charge >= 0.3 is 0 Å². The second-order valence-corrected chi connectivity index (χ2v) is 5.08. The molecule has 1 amide bonds. The first-order valence-corrected chi connectivity index (χ1v) is 6.85. The molecule has 1 N–H and O–H groups in total. The smallest absolute Gasteiger partial charge is 0.248 e. The van der Waals surface area contributed by atoms with Gasteiger partial charge in [0.05, 0.1) is 0 Å². The molecule has 0 spiro atoms. The van der Waals surface area contributed by atoms with Gasteiger partial charge in [-0.25, -0.2) is 0 Å². The summed E-state index contributed by atoms with van der Waals surface area (Å²) in [6, 6.07) is 13.2. The highest BCUT2D eigenvalue weighted by Gasteiger charge is 2.03. The Balaban J connectivity index is 1.98. The quantitative estimate of drug-likeness (QED) is 0.671. The molecule has 0 fully saturated rings. The fraction of sp³-hybridized carbons (Fsp3) is 0. The Bertz CT molecular complexity index is 694. The molecule has 0 aliphatic heterocycles. The van der Waals surface area contributed by atoms with E-state index in [0.717, 1.165) is 0 Å². The third-order valence-corrected chi connectivity index (χ3v) is 3.09. The van der Waals surface area contributed by atoms with E-state index in [0.29, 0.717) is 21.3 Å². The lowest BCUT2D eigenvalue weighted by Crippen LogP contribution is -2.08. The molecule has 0 saturated heterocycles. The lowest BCUT2D eigenvalue weighted by atomic mass is 10.1. The van der Waals surface area contributed by atoms with Crippen molar-refractivity contribution in [3.63, 3.8) is 0 Å². The van der Waals surface area contributed by atoms with Crippen molar-refractivity contribution < 1.29 is 9.59 Å². The van der Waals surface area contributed by atoms with Crippen molar-refractivity contribution in [2.75, 3.05) is 5.32 Å². The second kappa shape index (κ2) is 7.07. The van der Waals surface area contributed by atoms with Crippen molar-refractivity contribution in [1.29, 1.82) is 0 Å². The molecule has 0 aromatic heterocycles. The number of rotatable bonds is 4. The summed E-state index contributed by atoms with van der Waals surface area (Å²) in [7, 11) is 0. The van der Waals surface area contributed by atoms with E-state index in [-0.39, 0.29) is 5.78 Å². The van der Waals surface area contributed by atoms with Gasteiger partial charge in [0.15, 0.2) is 5.78 Å². The highest BCUT2D eigenvalue weighted by Crippen LogP contribution is 2.15. The Labute approximate surface area is 132 Å². The molecule has 0 unspecified atom stereocenters. The molecule has 0 saturated carbocycles. The topological polar surface area (TPSA) is 46.2 Å². The van der Waals surface area contributed by atoms with E-state index in [1.54, 1.807) is 48.5 Å². The number of benzene rings is 2. The predicted molar refractivity (Wildman–Crippen MR) is 85.0 cm³/mol. The summed E-state index contributed by atoms with van der Waals surface area (Å²) in [5, 5.41) is 3.69. The summed E-state index contributed by atoms with van der Waals surface area (Å²) in [5.41, 5.74) is 1.03. The van der Waals surface area contributed by atoms with Crippen molar-refractivity contribution in [1.82, 2.24) is 0 Å². The molecule has 0 bridgehead atoms. The van der Waals surface area contributed by atoms with E-state index in [9.17, 15) is 9.59 Å². The molecule has 21 heavy (non-hydrogen) atoms. The van der Waals surface area contributed by atoms with Crippen LogP contribution in [0.3, 0.4) is 0 Å². The van der Waals surface area contributed by atoms with Gasteiger partial charge in [0.2, 0.25) is 5.91 Å². The largest absolute Gasteiger partial charge is 0.322 e. The van der Waals surface area contributed by atoms with Crippen LogP contribution in [0.15, 0.2) is 60.7 Å². The minimum absolute atomic E-state index is 0.270. The zero-order valence-electron chi connectivity index (χ0n) is 10.8. The van der Waals surface area contributed by atoms with Gasteiger partial charge in [-0.15, -0.1) is 0 Å². The van der Waals surface area contributed by atoms with Gasteiger partial charge in [0.1, 0.15) is 0 Å². The van der Waals surface area contributed by atoms with Crippen molar-refractivity contribution in [3.8, 4) is 0 Å². The molecule has 5 heteroatoms. The summed E-state index contributed by atoms with van der Waals surface area (Å²) in [5.74, 6) is -0.674. The van der Waals surface area contributed by atoms with Crippen LogP contribution in [-0.4, -0.2) is 11.7 Å². The van der Waals surface area contributed by atoms with Gasteiger partial charge in [-0.3, -0.25) is 9.59 Å². The molecular weight excluding hydrogens is 309 g/mol. The Hall–Kier alpha value is -2.10. The number of hydrogen-bond donors (Lipinski definition) is 1. The highest BCUT2D eigenvalue weighted by molar-refractivity contribution is 6.31. The first-order valence-electron chi connectivity index (χ1n) is 6.09. The van der Waals surface area contributed by atoms with E-state index in [1.165, 1.54) is 12.2 Å². The molecular formula is C16H11Cl2NO2. The van der Waals surface area contributed by atoms with Gasteiger partial charge in [-0.05, 0) is 48.5 Å². The lowest BCUT2D eigenvalue weighted by Gasteiger charge is -2.02. The van der Waals surface area contributed by atoms with Crippen LogP contribution in [0.1, 0.15) is 10.4 Å².